The summed E-state index contributed by atoms with van der Waals surface area (Å²) in [5.41, 5.74) is 10.2. The summed E-state index contributed by atoms with van der Waals surface area (Å²) >= 11 is 0. The number of hydrogen-bond acceptors (Lipinski definition) is 3. The first kappa shape index (κ1) is 15.2. The van der Waals surface area contributed by atoms with Gasteiger partial charge in [0, 0.05) is 35.7 Å². The van der Waals surface area contributed by atoms with Crippen LogP contribution in [0.3, 0.4) is 0 Å². The molecule has 0 aliphatic carbocycles. The smallest absolute Gasteiger partial charge is 0.123 e. The fourth-order valence-corrected chi connectivity index (χ4v) is 2.41. The quantitative estimate of drug-likeness (QED) is 0.820. The molecule has 0 spiro atoms. The van der Waals surface area contributed by atoms with Crippen molar-refractivity contribution in [2.45, 2.75) is 33.8 Å². The molecule has 0 bridgehead atoms. The molecule has 0 atom stereocenters. The minimum atomic E-state index is 0.133. The molecule has 112 valence electrons. The van der Waals surface area contributed by atoms with Crippen molar-refractivity contribution < 1.29 is 4.74 Å². The Kier molecular flexibility index (Phi) is 4.73. The number of ether oxygens (including phenoxy) is 1. The lowest BCUT2D eigenvalue weighted by molar-refractivity contribution is 0.242. The Labute approximate surface area is 127 Å². The fourth-order valence-electron chi connectivity index (χ4n) is 2.41. The Morgan fingerprint density at radius 1 is 1.10 bits per heavy atom. The van der Waals surface area contributed by atoms with Crippen LogP contribution in [-0.4, -0.2) is 12.6 Å². The highest BCUT2D eigenvalue weighted by Gasteiger charge is 2.10. The summed E-state index contributed by atoms with van der Waals surface area (Å²) in [6.45, 7) is 9.13. The molecule has 2 N–H and O–H groups in total. The summed E-state index contributed by atoms with van der Waals surface area (Å²) in [5, 5.41) is 0. The lowest BCUT2D eigenvalue weighted by atomic mass is 10.1. The molecule has 2 aromatic rings. The third-order valence-electron chi connectivity index (χ3n) is 3.23. The van der Waals surface area contributed by atoms with Crippen molar-refractivity contribution in [2.24, 2.45) is 0 Å². The summed E-state index contributed by atoms with van der Waals surface area (Å²) in [4.78, 5) is 2.23. The molecule has 0 unspecified atom stereocenters. The second kappa shape index (κ2) is 6.53. The average Bonchev–Trinajstić information content (AvgIpc) is 2.38. The molecule has 0 aliphatic heterocycles. The largest absolute Gasteiger partial charge is 0.491 e. The Morgan fingerprint density at radius 2 is 1.86 bits per heavy atom. The van der Waals surface area contributed by atoms with Gasteiger partial charge < -0.3 is 15.4 Å². The second-order valence-electron chi connectivity index (χ2n) is 5.51. The highest BCUT2D eigenvalue weighted by atomic mass is 16.5. The zero-order valence-corrected chi connectivity index (χ0v) is 13.3. The van der Waals surface area contributed by atoms with E-state index in [0.717, 1.165) is 18.0 Å². The zero-order chi connectivity index (χ0) is 15.4. The van der Waals surface area contributed by atoms with Crippen molar-refractivity contribution in [1.82, 2.24) is 0 Å². The number of rotatable bonds is 5. The summed E-state index contributed by atoms with van der Waals surface area (Å²) in [6.07, 6.45) is 0.133. The molecule has 21 heavy (non-hydrogen) atoms. The lowest BCUT2D eigenvalue weighted by Crippen LogP contribution is -2.16. The monoisotopic (exact) mass is 284 g/mol. The molecule has 0 saturated carbocycles. The molecule has 2 aromatic carbocycles. The van der Waals surface area contributed by atoms with Crippen LogP contribution < -0.4 is 15.4 Å². The second-order valence-corrected chi connectivity index (χ2v) is 5.51. The summed E-state index contributed by atoms with van der Waals surface area (Å²) < 4.78 is 5.78. The topological polar surface area (TPSA) is 38.5 Å². The van der Waals surface area contributed by atoms with Crippen LogP contribution in [0.5, 0.6) is 5.75 Å². The van der Waals surface area contributed by atoms with Crippen LogP contribution in [-0.2, 0) is 0 Å². The molecule has 2 rings (SSSR count). The maximum absolute atomic E-state index is 6.03. The van der Waals surface area contributed by atoms with Crippen molar-refractivity contribution >= 4 is 17.1 Å². The number of nitrogens with zero attached hydrogens (tertiary/aromatic N) is 1. The van der Waals surface area contributed by atoms with Gasteiger partial charge in [-0.05, 0) is 51.5 Å². The Hall–Kier alpha value is -2.16. The van der Waals surface area contributed by atoms with E-state index in [4.69, 9.17) is 10.5 Å². The summed E-state index contributed by atoms with van der Waals surface area (Å²) in [6, 6.07) is 14.4. The molecule has 0 saturated heterocycles. The van der Waals surface area contributed by atoms with E-state index in [-0.39, 0.29) is 6.10 Å². The van der Waals surface area contributed by atoms with Crippen LogP contribution >= 0.6 is 0 Å². The maximum Gasteiger partial charge on any atom is 0.123 e. The van der Waals surface area contributed by atoms with E-state index < -0.39 is 0 Å². The molecule has 0 aromatic heterocycles. The first-order chi connectivity index (χ1) is 9.99. The highest BCUT2D eigenvalue weighted by molar-refractivity contribution is 5.69. The number of aryl methyl sites for hydroxylation is 1. The van der Waals surface area contributed by atoms with E-state index in [1.165, 1.54) is 11.3 Å². The third kappa shape index (κ3) is 3.91. The Bertz CT molecular complexity index is 608. The van der Waals surface area contributed by atoms with Crippen molar-refractivity contribution in [2.75, 3.05) is 17.2 Å². The molecular weight excluding hydrogens is 260 g/mol. The first-order valence-corrected chi connectivity index (χ1v) is 7.41. The Balaban J connectivity index is 2.40. The van der Waals surface area contributed by atoms with Gasteiger partial charge in [0.05, 0.1) is 6.10 Å². The van der Waals surface area contributed by atoms with Crippen LogP contribution in [0, 0.1) is 6.92 Å². The van der Waals surface area contributed by atoms with Crippen molar-refractivity contribution in [3.63, 3.8) is 0 Å². The normalized spacial score (nSPS) is 10.7. The van der Waals surface area contributed by atoms with Gasteiger partial charge in [-0.3, -0.25) is 0 Å². The van der Waals surface area contributed by atoms with Crippen LogP contribution in [0.25, 0.3) is 0 Å². The van der Waals surface area contributed by atoms with Gasteiger partial charge in [0.2, 0.25) is 0 Å². The molecule has 0 heterocycles. The van der Waals surface area contributed by atoms with Gasteiger partial charge in [-0.25, -0.2) is 0 Å². The molecular formula is C18H24N2O. The van der Waals surface area contributed by atoms with Gasteiger partial charge in [-0.2, -0.15) is 0 Å². The maximum atomic E-state index is 6.03. The third-order valence-corrected chi connectivity index (χ3v) is 3.23. The van der Waals surface area contributed by atoms with Crippen molar-refractivity contribution in [3.05, 3.63) is 48.0 Å². The van der Waals surface area contributed by atoms with E-state index in [1.807, 2.05) is 32.0 Å². The van der Waals surface area contributed by atoms with Gasteiger partial charge in [-0.1, -0.05) is 12.1 Å². The summed E-state index contributed by atoms with van der Waals surface area (Å²) in [7, 11) is 0. The SMILES string of the molecule is CCN(c1cccc(C)c1)c1cc(N)cc(OC(C)C)c1. The van der Waals surface area contributed by atoms with Gasteiger partial charge in [0.1, 0.15) is 5.75 Å². The van der Waals surface area contributed by atoms with E-state index in [9.17, 15) is 0 Å². The van der Waals surface area contributed by atoms with Gasteiger partial charge in [0.25, 0.3) is 0 Å². The van der Waals surface area contributed by atoms with Gasteiger partial charge >= 0.3 is 0 Å². The van der Waals surface area contributed by atoms with Gasteiger partial charge in [-0.15, -0.1) is 0 Å². The zero-order valence-electron chi connectivity index (χ0n) is 13.3. The fraction of sp³-hybridized carbons (Fsp3) is 0.333. The molecule has 3 heteroatoms. The van der Waals surface area contributed by atoms with E-state index >= 15 is 0 Å². The first-order valence-electron chi connectivity index (χ1n) is 7.41. The number of benzene rings is 2. The molecule has 0 amide bonds. The van der Waals surface area contributed by atoms with Gasteiger partial charge in [0.15, 0.2) is 0 Å². The highest BCUT2D eigenvalue weighted by Crippen LogP contribution is 2.31. The number of hydrogen-bond donors (Lipinski definition) is 1. The van der Waals surface area contributed by atoms with Crippen LogP contribution in [0.2, 0.25) is 0 Å². The molecule has 0 radical (unpaired) electrons. The standard InChI is InChI=1S/C18H24N2O/c1-5-20(16-8-6-7-14(4)9-16)17-10-15(19)11-18(12-17)21-13(2)3/h6-13H,5,19H2,1-4H3. The minimum absolute atomic E-state index is 0.133. The number of nitrogens with two attached hydrogens (primary N) is 1. The number of anilines is 3. The number of nitrogen functional groups attached to an aromatic ring is 1. The molecule has 3 nitrogen and oxygen atoms in total. The van der Waals surface area contributed by atoms with Crippen molar-refractivity contribution in [1.29, 1.82) is 0 Å². The minimum Gasteiger partial charge on any atom is -0.491 e. The van der Waals surface area contributed by atoms with E-state index in [1.54, 1.807) is 0 Å². The lowest BCUT2D eigenvalue weighted by Gasteiger charge is -2.25. The average molecular weight is 284 g/mol. The van der Waals surface area contributed by atoms with Crippen LogP contribution in [0.1, 0.15) is 26.3 Å². The van der Waals surface area contributed by atoms with E-state index in [2.05, 4.69) is 43.0 Å². The predicted octanol–water partition coefficient (Wildman–Crippen LogP) is 4.52. The Morgan fingerprint density at radius 3 is 2.48 bits per heavy atom. The van der Waals surface area contributed by atoms with Crippen molar-refractivity contribution in [3.8, 4) is 5.75 Å². The van der Waals surface area contributed by atoms with Crippen LogP contribution in [0.15, 0.2) is 42.5 Å². The predicted molar refractivity (Wildman–Crippen MR) is 90.5 cm³/mol. The van der Waals surface area contributed by atoms with E-state index in [0.29, 0.717) is 5.69 Å². The molecule has 0 fully saturated rings. The van der Waals surface area contributed by atoms with Crippen LogP contribution in [0.4, 0.5) is 17.1 Å². The summed E-state index contributed by atoms with van der Waals surface area (Å²) in [5.74, 6) is 0.811. The molecule has 0 aliphatic rings.